The zero-order valence-corrected chi connectivity index (χ0v) is 19.1. The number of nitro benzene ring substituents is 1. The average Bonchev–Trinajstić information content (AvgIpc) is 3.52. The highest BCUT2D eigenvalue weighted by Crippen LogP contribution is 2.33. The van der Waals surface area contributed by atoms with Crippen LogP contribution in [0.2, 0.25) is 0 Å². The molecule has 0 fully saturated rings. The van der Waals surface area contributed by atoms with Gasteiger partial charge in [-0.2, -0.15) is 0 Å². The first-order valence-corrected chi connectivity index (χ1v) is 11.0. The van der Waals surface area contributed by atoms with E-state index in [2.05, 4.69) is 15.2 Å². The number of furan rings is 1. The number of non-ortho nitro benzene ring substituents is 1. The molecule has 0 radical (unpaired) electrons. The highest BCUT2D eigenvalue weighted by Gasteiger charge is 2.18. The molecule has 0 aliphatic carbocycles. The molecule has 11 heteroatoms. The van der Waals surface area contributed by atoms with E-state index in [0.717, 1.165) is 0 Å². The number of esters is 1. The van der Waals surface area contributed by atoms with Crippen molar-refractivity contribution in [2.75, 3.05) is 7.11 Å². The number of aliphatic imine (C=N–C) groups is 1. The summed E-state index contributed by atoms with van der Waals surface area (Å²) >= 11 is 1.30. The molecule has 0 atom stereocenters. The number of benzene rings is 2. The van der Waals surface area contributed by atoms with E-state index in [4.69, 9.17) is 9.15 Å². The minimum absolute atomic E-state index is 0.0831. The summed E-state index contributed by atoms with van der Waals surface area (Å²) in [7, 11) is 1.29. The molecule has 2 aromatic carbocycles. The number of hydrogen-bond donors (Lipinski definition) is 0. The van der Waals surface area contributed by atoms with Gasteiger partial charge >= 0.3 is 5.97 Å². The SMILES string of the molecule is CCn1c(Sc2ccc([N+](=O)[O-])cc2C=Nc2ccccc2C(=O)OC)nnc1-c1ccco1. The van der Waals surface area contributed by atoms with Crippen molar-refractivity contribution in [1.82, 2.24) is 14.8 Å². The van der Waals surface area contributed by atoms with Crippen molar-refractivity contribution in [3.8, 4) is 11.6 Å². The zero-order valence-electron chi connectivity index (χ0n) is 18.2. The standard InChI is InChI=1S/C23H19N5O5S/c1-3-27-21(19-9-6-12-33-19)25-26-23(27)34-20-11-10-16(28(30)31)13-15(20)14-24-18-8-5-4-7-17(18)22(29)32-2/h4-14H,3H2,1-2H3. The van der Waals surface area contributed by atoms with Gasteiger partial charge in [0.05, 0.1) is 29.5 Å². The van der Waals surface area contributed by atoms with E-state index in [1.807, 2.05) is 11.5 Å². The largest absolute Gasteiger partial charge is 0.465 e. The third-order valence-corrected chi connectivity index (χ3v) is 5.91. The summed E-state index contributed by atoms with van der Waals surface area (Å²) in [4.78, 5) is 28.0. The summed E-state index contributed by atoms with van der Waals surface area (Å²) in [5.41, 5.74) is 1.08. The predicted molar refractivity (Wildman–Crippen MR) is 126 cm³/mol. The summed E-state index contributed by atoms with van der Waals surface area (Å²) in [5, 5.41) is 20.5. The van der Waals surface area contributed by atoms with Gasteiger partial charge in [-0.25, -0.2) is 4.79 Å². The Labute approximate surface area is 198 Å². The van der Waals surface area contributed by atoms with Crippen LogP contribution >= 0.6 is 11.8 Å². The number of nitrogens with zero attached hydrogens (tertiary/aromatic N) is 5. The topological polar surface area (TPSA) is 126 Å². The van der Waals surface area contributed by atoms with Gasteiger partial charge in [0, 0.05) is 35.4 Å². The quantitative estimate of drug-likeness (QED) is 0.147. The summed E-state index contributed by atoms with van der Waals surface area (Å²) in [5.74, 6) is 0.646. The molecule has 34 heavy (non-hydrogen) atoms. The van der Waals surface area contributed by atoms with Gasteiger partial charge in [0.1, 0.15) is 0 Å². The molecular weight excluding hydrogens is 458 g/mol. The van der Waals surface area contributed by atoms with Crippen molar-refractivity contribution in [1.29, 1.82) is 0 Å². The second kappa shape index (κ2) is 10.1. The maximum atomic E-state index is 12.1. The van der Waals surface area contributed by atoms with Gasteiger partial charge in [-0.15, -0.1) is 10.2 Å². The fourth-order valence-corrected chi connectivity index (χ4v) is 4.16. The fraction of sp³-hybridized carbons (Fsp3) is 0.130. The Kier molecular flexibility index (Phi) is 6.83. The predicted octanol–water partition coefficient (Wildman–Crippen LogP) is 5.15. The number of ether oxygens (including phenoxy) is 1. The number of carbonyl (C=O) groups is 1. The lowest BCUT2D eigenvalue weighted by Crippen LogP contribution is -2.01. The van der Waals surface area contributed by atoms with Crippen LogP contribution in [0, 0.1) is 10.1 Å². The molecule has 0 aliphatic rings. The first-order valence-electron chi connectivity index (χ1n) is 10.2. The lowest BCUT2D eigenvalue weighted by atomic mass is 10.1. The lowest BCUT2D eigenvalue weighted by molar-refractivity contribution is -0.384. The molecule has 0 spiro atoms. The number of rotatable bonds is 8. The van der Waals surface area contributed by atoms with Crippen LogP contribution in [0.15, 0.2) is 80.3 Å². The minimum Gasteiger partial charge on any atom is -0.465 e. The van der Waals surface area contributed by atoms with E-state index in [1.165, 1.54) is 37.2 Å². The first-order chi connectivity index (χ1) is 16.5. The molecule has 4 aromatic rings. The number of nitro groups is 1. The van der Waals surface area contributed by atoms with Gasteiger partial charge < -0.3 is 9.15 Å². The summed E-state index contributed by atoms with van der Waals surface area (Å²) in [6, 6.07) is 14.8. The Morgan fingerprint density at radius 3 is 2.76 bits per heavy atom. The normalized spacial score (nSPS) is 11.1. The van der Waals surface area contributed by atoms with E-state index >= 15 is 0 Å². The molecule has 172 valence electrons. The Balaban J connectivity index is 1.73. The number of aromatic nitrogens is 3. The molecule has 0 saturated carbocycles. The molecule has 0 aliphatic heterocycles. The van der Waals surface area contributed by atoms with E-state index in [1.54, 1.807) is 48.7 Å². The van der Waals surface area contributed by atoms with Crippen LogP contribution in [0.4, 0.5) is 11.4 Å². The highest BCUT2D eigenvalue weighted by molar-refractivity contribution is 7.99. The average molecular weight is 478 g/mol. The molecule has 2 aromatic heterocycles. The van der Waals surface area contributed by atoms with Crippen molar-refractivity contribution in [2.45, 2.75) is 23.5 Å². The first kappa shape index (κ1) is 22.9. The molecule has 10 nitrogen and oxygen atoms in total. The molecule has 0 unspecified atom stereocenters. The molecule has 2 heterocycles. The third-order valence-electron chi connectivity index (χ3n) is 4.83. The van der Waals surface area contributed by atoms with Crippen LogP contribution in [0.5, 0.6) is 0 Å². The Morgan fingerprint density at radius 1 is 1.24 bits per heavy atom. The second-order valence-corrected chi connectivity index (χ2v) is 7.89. The van der Waals surface area contributed by atoms with Gasteiger partial charge in [0.25, 0.3) is 5.69 Å². The molecular formula is C23H19N5O5S. The number of hydrogen-bond acceptors (Lipinski definition) is 9. The molecule has 0 N–H and O–H groups in total. The van der Waals surface area contributed by atoms with Gasteiger partial charge in [-0.3, -0.25) is 19.7 Å². The van der Waals surface area contributed by atoms with Crippen LogP contribution in [-0.2, 0) is 11.3 Å². The number of methoxy groups -OCH3 is 1. The fourth-order valence-electron chi connectivity index (χ4n) is 3.19. The van der Waals surface area contributed by atoms with E-state index in [0.29, 0.717) is 39.4 Å². The Bertz CT molecular complexity index is 1360. The van der Waals surface area contributed by atoms with Gasteiger partial charge in [0.15, 0.2) is 16.7 Å². The van der Waals surface area contributed by atoms with Gasteiger partial charge in [-0.05, 0) is 49.0 Å². The van der Waals surface area contributed by atoms with E-state index in [-0.39, 0.29) is 11.3 Å². The maximum Gasteiger partial charge on any atom is 0.340 e. The summed E-state index contributed by atoms with van der Waals surface area (Å²) in [6.07, 6.45) is 3.05. The lowest BCUT2D eigenvalue weighted by Gasteiger charge is -2.08. The van der Waals surface area contributed by atoms with Crippen molar-refractivity contribution in [3.63, 3.8) is 0 Å². The van der Waals surface area contributed by atoms with Crippen LogP contribution in [0.3, 0.4) is 0 Å². The van der Waals surface area contributed by atoms with Gasteiger partial charge in [-0.1, -0.05) is 12.1 Å². The second-order valence-electron chi connectivity index (χ2n) is 6.88. The molecule has 0 bridgehead atoms. The Morgan fingerprint density at radius 2 is 2.06 bits per heavy atom. The van der Waals surface area contributed by atoms with Crippen LogP contribution in [0.1, 0.15) is 22.8 Å². The van der Waals surface area contributed by atoms with E-state index in [9.17, 15) is 14.9 Å². The van der Waals surface area contributed by atoms with Crippen molar-refractivity contribution < 1.29 is 18.9 Å². The summed E-state index contributed by atoms with van der Waals surface area (Å²) in [6.45, 7) is 2.55. The zero-order chi connectivity index (χ0) is 24.1. The van der Waals surface area contributed by atoms with Crippen molar-refractivity contribution in [2.24, 2.45) is 4.99 Å². The maximum absolute atomic E-state index is 12.1. The van der Waals surface area contributed by atoms with Crippen molar-refractivity contribution >= 4 is 35.3 Å². The van der Waals surface area contributed by atoms with Crippen molar-refractivity contribution in [3.05, 3.63) is 82.1 Å². The Hall–Kier alpha value is -4.25. The van der Waals surface area contributed by atoms with Crippen LogP contribution < -0.4 is 0 Å². The molecule has 0 saturated heterocycles. The van der Waals surface area contributed by atoms with Crippen LogP contribution in [0.25, 0.3) is 11.6 Å². The third kappa shape index (κ3) is 4.74. The molecule has 0 amide bonds. The highest BCUT2D eigenvalue weighted by atomic mass is 32.2. The monoisotopic (exact) mass is 477 g/mol. The minimum atomic E-state index is -0.525. The molecule has 4 rings (SSSR count). The van der Waals surface area contributed by atoms with Gasteiger partial charge in [0.2, 0.25) is 0 Å². The number of para-hydroxylation sites is 1. The van der Waals surface area contributed by atoms with E-state index < -0.39 is 10.9 Å². The number of carbonyl (C=O) groups excluding carboxylic acids is 1. The smallest absolute Gasteiger partial charge is 0.340 e. The van der Waals surface area contributed by atoms with Crippen LogP contribution in [-0.4, -0.2) is 39.0 Å². The summed E-state index contributed by atoms with van der Waals surface area (Å²) < 4.78 is 12.1.